The summed E-state index contributed by atoms with van der Waals surface area (Å²) < 4.78 is 12.7. The largest absolute Gasteiger partial charge is 0.306 e. The predicted octanol–water partition coefficient (Wildman–Crippen LogP) is 2.63. The molecule has 0 bridgehead atoms. The lowest BCUT2D eigenvalue weighted by Gasteiger charge is -2.29. The van der Waals surface area contributed by atoms with Crippen LogP contribution in [-0.2, 0) is 0 Å². The van der Waals surface area contributed by atoms with Gasteiger partial charge in [-0.05, 0) is 50.0 Å². The molecule has 0 saturated carbocycles. The lowest BCUT2D eigenvalue weighted by molar-refractivity contribution is 0.251. The summed E-state index contributed by atoms with van der Waals surface area (Å²) in [5, 5.41) is 0. The van der Waals surface area contributed by atoms with E-state index in [0.717, 1.165) is 6.54 Å². The van der Waals surface area contributed by atoms with Gasteiger partial charge in [-0.15, -0.1) is 0 Å². The second kappa shape index (κ2) is 4.09. The molecule has 14 heavy (non-hydrogen) atoms. The average Bonchev–Trinajstić information content (AvgIpc) is 2.19. The fraction of sp³-hybridized carbons (Fsp3) is 0.500. The topological polar surface area (TPSA) is 3.24 Å². The van der Waals surface area contributed by atoms with E-state index in [-0.39, 0.29) is 5.82 Å². The SMILES string of the molecule is CN1CCC[C@H](c2ccc(F)cc2)C1. The number of nitrogens with zero attached hydrogens (tertiary/aromatic N) is 1. The van der Waals surface area contributed by atoms with Crippen LogP contribution in [0.2, 0.25) is 0 Å². The van der Waals surface area contributed by atoms with Gasteiger partial charge in [0.1, 0.15) is 5.82 Å². The third-order valence-electron chi connectivity index (χ3n) is 2.97. The summed E-state index contributed by atoms with van der Waals surface area (Å²) in [6, 6.07) is 6.95. The minimum atomic E-state index is -0.141. The maximum absolute atomic E-state index is 12.7. The molecule has 1 atom stereocenters. The average molecular weight is 193 g/mol. The first kappa shape index (κ1) is 9.66. The maximum Gasteiger partial charge on any atom is 0.123 e. The lowest BCUT2D eigenvalue weighted by Crippen LogP contribution is -2.30. The van der Waals surface area contributed by atoms with Gasteiger partial charge in [0, 0.05) is 6.54 Å². The molecular formula is C12H16FN. The minimum Gasteiger partial charge on any atom is -0.306 e. The van der Waals surface area contributed by atoms with Crippen molar-refractivity contribution in [2.45, 2.75) is 18.8 Å². The highest BCUT2D eigenvalue weighted by Gasteiger charge is 2.18. The Kier molecular flexibility index (Phi) is 2.82. The van der Waals surface area contributed by atoms with Crippen LogP contribution in [0.15, 0.2) is 24.3 Å². The lowest BCUT2D eigenvalue weighted by atomic mass is 9.91. The molecule has 2 rings (SSSR count). The van der Waals surface area contributed by atoms with Gasteiger partial charge in [0.15, 0.2) is 0 Å². The van der Waals surface area contributed by atoms with E-state index in [1.807, 2.05) is 12.1 Å². The summed E-state index contributed by atoms with van der Waals surface area (Å²) in [4.78, 5) is 2.34. The molecule has 0 spiro atoms. The maximum atomic E-state index is 12.7. The number of rotatable bonds is 1. The molecule has 0 aliphatic carbocycles. The number of benzene rings is 1. The Balaban J connectivity index is 2.10. The molecular weight excluding hydrogens is 177 g/mol. The van der Waals surface area contributed by atoms with Crippen LogP contribution in [-0.4, -0.2) is 25.0 Å². The van der Waals surface area contributed by atoms with Crippen molar-refractivity contribution in [2.24, 2.45) is 0 Å². The summed E-state index contributed by atoms with van der Waals surface area (Å²) in [6.45, 7) is 2.29. The van der Waals surface area contributed by atoms with E-state index < -0.39 is 0 Å². The fourth-order valence-corrected chi connectivity index (χ4v) is 2.17. The Morgan fingerprint density at radius 3 is 2.64 bits per heavy atom. The van der Waals surface area contributed by atoms with Gasteiger partial charge in [-0.3, -0.25) is 0 Å². The number of hydrogen-bond donors (Lipinski definition) is 0. The van der Waals surface area contributed by atoms with Crippen molar-refractivity contribution < 1.29 is 4.39 Å². The summed E-state index contributed by atoms with van der Waals surface area (Å²) in [6.07, 6.45) is 2.48. The van der Waals surface area contributed by atoms with Gasteiger partial charge in [-0.1, -0.05) is 12.1 Å². The van der Waals surface area contributed by atoms with Crippen molar-refractivity contribution >= 4 is 0 Å². The highest BCUT2D eigenvalue weighted by molar-refractivity contribution is 5.21. The van der Waals surface area contributed by atoms with Crippen LogP contribution in [0.25, 0.3) is 0 Å². The van der Waals surface area contributed by atoms with Gasteiger partial charge in [0.05, 0.1) is 0 Å². The minimum absolute atomic E-state index is 0.141. The second-order valence-corrected chi connectivity index (χ2v) is 4.15. The molecule has 76 valence electrons. The van der Waals surface area contributed by atoms with Crippen molar-refractivity contribution in [1.82, 2.24) is 4.90 Å². The molecule has 1 nitrogen and oxygen atoms in total. The first-order chi connectivity index (χ1) is 6.75. The van der Waals surface area contributed by atoms with Crippen LogP contribution in [0.5, 0.6) is 0 Å². The molecule has 1 fully saturated rings. The van der Waals surface area contributed by atoms with Gasteiger partial charge in [0.25, 0.3) is 0 Å². The van der Waals surface area contributed by atoms with Crippen LogP contribution in [0.3, 0.4) is 0 Å². The zero-order chi connectivity index (χ0) is 9.97. The number of hydrogen-bond acceptors (Lipinski definition) is 1. The van der Waals surface area contributed by atoms with E-state index >= 15 is 0 Å². The van der Waals surface area contributed by atoms with E-state index in [4.69, 9.17) is 0 Å². The van der Waals surface area contributed by atoms with Crippen molar-refractivity contribution in [3.8, 4) is 0 Å². The third kappa shape index (κ3) is 2.13. The molecule has 1 heterocycles. The summed E-state index contributed by atoms with van der Waals surface area (Å²) >= 11 is 0. The molecule has 0 N–H and O–H groups in total. The number of likely N-dealkylation sites (N-methyl/N-ethyl adjacent to an activating group) is 1. The Morgan fingerprint density at radius 1 is 1.29 bits per heavy atom. The van der Waals surface area contributed by atoms with Crippen molar-refractivity contribution in [3.63, 3.8) is 0 Å². The van der Waals surface area contributed by atoms with Crippen LogP contribution in [0, 0.1) is 5.82 Å². The Labute approximate surface area is 84.5 Å². The number of piperidine rings is 1. The molecule has 2 heteroatoms. The molecule has 1 aromatic rings. The molecule has 0 radical (unpaired) electrons. The highest BCUT2D eigenvalue weighted by atomic mass is 19.1. The second-order valence-electron chi connectivity index (χ2n) is 4.15. The molecule has 0 amide bonds. The van der Waals surface area contributed by atoms with Crippen LogP contribution in [0.4, 0.5) is 4.39 Å². The van der Waals surface area contributed by atoms with Gasteiger partial charge < -0.3 is 4.90 Å². The fourth-order valence-electron chi connectivity index (χ4n) is 2.17. The third-order valence-corrected chi connectivity index (χ3v) is 2.97. The predicted molar refractivity (Wildman–Crippen MR) is 55.9 cm³/mol. The molecule has 1 aliphatic rings. The standard InChI is InChI=1S/C12H16FN/c1-14-8-2-3-11(9-14)10-4-6-12(13)7-5-10/h4-7,11H,2-3,8-9H2,1H3/t11-/m0/s1. The Bertz CT molecular complexity index is 294. The zero-order valence-electron chi connectivity index (χ0n) is 8.54. The summed E-state index contributed by atoms with van der Waals surface area (Å²) in [7, 11) is 2.15. The normalized spacial score (nSPS) is 23.7. The van der Waals surface area contributed by atoms with E-state index in [9.17, 15) is 4.39 Å². The van der Waals surface area contributed by atoms with E-state index in [2.05, 4.69) is 11.9 Å². The monoisotopic (exact) mass is 193 g/mol. The van der Waals surface area contributed by atoms with E-state index in [1.54, 1.807) is 12.1 Å². The van der Waals surface area contributed by atoms with Crippen molar-refractivity contribution in [2.75, 3.05) is 20.1 Å². The first-order valence-corrected chi connectivity index (χ1v) is 5.20. The van der Waals surface area contributed by atoms with Crippen LogP contribution < -0.4 is 0 Å². The molecule has 0 unspecified atom stereocenters. The van der Waals surface area contributed by atoms with E-state index in [1.165, 1.54) is 24.9 Å². The van der Waals surface area contributed by atoms with Gasteiger partial charge in [-0.25, -0.2) is 4.39 Å². The molecule has 1 saturated heterocycles. The Morgan fingerprint density at radius 2 is 2.00 bits per heavy atom. The molecule has 1 aromatic carbocycles. The number of halogens is 1. The van der Waals surface area contributed by atoms with Crippen LogP contribution in [0.1, 0.15) is 24.3 Å². The molecule has 1 aliphatic heterocycles. The van der Waals surface area contributed by atoms with Gasteiger partial charge in [-0.2, -0.15) is 0 Å². The summed E-state index contributed by atoms with van der Waals surface area (Å²) in [5.41, 5.74) is 1.28. The van der Waals surface area contributed by atoms with Crippen molar-refractivity contribution in [1.29, 1.82) is 0 Å². The molecule has 0 aromatic heterocycles. The van der Waals surface area contributed by atoms with Crippen molar-refractivity contribution in [3.05, 3.63) is 35.6 Å². The Hall–Kier alpha value is -0.890. The quantitative estimate of drug-likeness (QED) is 0.662. The first-order valence-electron chi connectivity index (χ1n) is 5.20. The highest BCUT2D eigenvalue weighted by Crippen LogP contribution is 2.25. The van der Waals surface area contributed by atoms with Gasteiger partial charge >= 0.3 is 0 Å². The zero-order valence-corrected chi connectivity index (χ0v) is 8.54. The number of likely N-dealkylation sites (tertiary alicyclic amines) is 1. The van der Waals surface area contributed by atoms with Crippen LogP contribution >= 0.6 is 0 Å². The van der Waals surface area contributed by atoms with E-state index in [0.29, 0.717) is 5.92 Å². The van der Waals surface area contributed by atoms with Gasteiger partial charge in [0.2, 0.25) is 0 Å². The summed E-state index contributed by atoms with van der Waals surface area (Å²) in [5.74, 6) is 0.451. The smallest absolute Gasteiger partial charge is 0.123 e.